The van der Waals surface area contributed by atoms with E-state index in [0.717, 1.165) is 16.7 Å². The van der Waals surface area contributed by atoms with Crippen LogP contribution in [0.3, 0.4) is 0 Å². The maximum atomic E-state index is 8.86. The first-order valence-electron chi connectivity index (χ1n) is 7.64. The molecule has 0 aliphatic carbocycles. The van der Waals surface area contributed by atoms with Gasteiger partial charge in [-0.3, -0.25) is 4.98 Å². The molecule has 0 spiro atoms. The van der Waals surface area contributed by atoms with Crippen LogP contribution in [0.4, 0.5) is 0 Å². The fourth-order valence-electron chi connectivity index (χ4n) is 2.45. The number of nitrogens with zero attached hydrogens (tertiary/aromatic N) is 2. The largest absolute Gasteiger partial charge is 0.494 e. The Morgan fingerprint density at radius 3 is 2.30 bits per heavy atom. The summed E-state index contributed by atoms with van der Waals surface area (Å²) in [6.45, 7) is 8.16. The second-order valence-electron chi connectivity index (χ2n) is 6.76. The highest BCUT2D eigenvalue weighted by Gasteiger charge is 2.51. The zero-order valence-electron chi connectivity index (χ0n) is 13.8. The zero-order chi connectivity index (χ0) is 16.7. The van der Waals surface area contributed by atoms with E-state index in [1.165, 1.54) is 0 Å². The van der Waals surface area contributed by atoms with Gasteiger partial charge in [-0.25, -0.2) is 0 Å². The summed E-state index contributed by atoms with van der Waals surface area (Å²) in [7, 11) is -0.390. The number of benzene rings is 1. The number of hydrogen-bond donors (Lipinski definition) is 0. The Balaban J connectivity index is 1.90. The molecule has 3 rings (SSSR count). The Labute approximate surface area is 137 Å². The van der Waals surface area contributed by atoms with Crippen LogP contribution in [0.2, 0.25) is 0 Å². The van der Waals surface area contributed by atoms with Crippen molar-refractivity contribution in [3.63, 3.8) is 0 Å². The molecule has 0 saturated carbocycles. The van der Waals surface area contributed by atoms with Crippen LogP contribution in [-0.4, -0.2) is 23.3 Å². The van der Waals surface area contributed by atoms with Crippen molar-refractivity contribution in [3.8, 4) is 17.3 Å². The van der Waals surface area contributed by atoms with E-state index in [4.69, 9.17) is 14.6 Å². The van der Waals surface area contributed by atoms with E-state index < -0.39 is 7.12 Å². The first kappa shape index (κ1) is 15.7. The molecule has 1 fully saturated rings. The molecule has 1 saturated heterocycles. The molecule has 5 heteroatoms. The van der Waals surface area contributed by atoms with Gasteiger partial charge < -0.3 is 9.31 Å². The molecular weight excluding hydrogens is 287 g/mol. The van der Waals surface area contributed by atoms with Crippen molar-refractivity contribution in [3.05, 3.63) is 48.2 Å². The minimum Gasteiger partial charge on any atom is -0.399 e. The number of nitriles is 1. The van der Waals surface area contributed by atoms with E-state index in [9.17, 15) is 0 Å². The Bertz CT molecular complexity index is 747. The van der Waals surface area contributed by atoms with Gasteiger partial charge in [0.15, 0.2) is 0 Å². The lowest BCUT2D eigenvalue weighted by Crippen LogP contribution is -2.41. The number of aromatic nitrogens is 1. The maximum Gasteiger partial charge on any atom is 0.494 e. The van der Waals surface area contributed by atoms with Crippen LogP contribution in [-0.2, 0) is 9.31 Å². The van der Waals surface area contributed by atoms with Gasteiger partial charge in [-0.2, -0.15) is 5.26 Å². The van der Waals surface area contributed by atoms with Crippen molar-refractivity contribution < 1.29 is 9.31 Å². The molecule has 4 nitrogen and oxygen atoms in total. The number of pyridine rings is 1. The molecular formula is C18H19BN2O2. The van der Waals surface area contributed by atoms with Crippen LogP contribution in [0.15, 0.2) is 42.6 Å². The quantitative estimate of drug-likeness (QED) is 0.801. The smallest absolute Gasteiger partial charge is 0.399 e. The van der Waals surface area contributed by atoms with Gasteiger partial charge in [-0.05, 0) is 50.9 Å². The molecule has 0 N–H and O–H groups in total. The van der Waals surface area contributed by atoms with Gasteiger partial charge in [0, 0.05) is 6.20 Å². The molecule has 23 heavy (non-hydrogen) atoms. The monoisotopic (exact) mass is 306 g/mol. The van der Waals surface area contributed by atoms with E-state index in [1.54, 1.807) is 12.3 Å². The van der Waals surface area contributed by atoms with Crippen LogP contribution >= 0.6 is 0 Å². The summed E-state index contributed by atoms with van der Waals surface area (Å²) in [6, 6.07) is 13.7. The molecule has 0 amide bonds. The first-order valence-corrected chi connectivity index (χ1v) is 7.64. The van der Waals surface area contributed by atoms with Gasteiger partial charge in [-0.1, -0.05) is 24.3 Å². The van der Waals surface area contributed by atoms with Crippen molar-refractivity contribution >= 4 is 12.6 Å². The highest BCUT2D eigenvalue weighted by molar-refractivity contribution is 6.62. The van der Waals surface area contributed by atoms with Crippen LogP contribution in [0.25, 0.3) is 11.3 Å². The van der Waals surface area contributed by atoms with E-state index in [-0.39, 0.29) is 11.2 Å². The average Bonchev–Trinajstić information content (AvgIpc) is 2.76. The van der Waals surface area contributed by atoms with E-state index in [1.807, 2.05) is 58.0 Å². The standard InChI is InChI=1S/C18H19BN2O2/c1-17(2)18(3,4)23-19(22-17)15-7-5-6-14(10-15)16-9-8-13(11-20)12-21-16/h5-10,12H,1-4H3. The third kappa shape index (κ3) is 2.88. The van der Waals surface area contributed by atoms with Gasteiger partial charge in [0.1, 0.15) is 6.07 Å². The zero-order valence-corrected chi connectivity index (χ0v) is 13.8. The lowest BCUT2D eigenvalue weighted by Gasteiger charge is -2.32. The summed E-state index contributed by atoms with van der Waals surface area (Å²) in [4.78, 5) is 4.34. The maximum absolute atomic E-state index is 8.86. The molecule has 1 aliphatic rings. The van der Waals surface area contributed by atoms with Crippen LogP contribution in [0, 0.1) is 11.3 Å². The highest BCUT2D eigenvalue weighted by Crippen LogP contribution is 2.36. The van der Waals surface area contributed by atoms with E-state index in [0.29, 0.717) is 5.56 Å². The fourth-order valence-corrected chi connectivity index (χ4v) is 2.45. The summed E-state index contributed by atoms with van der Waals surface area (Å²) in [5, 5.41) is 8.86. The second-order valence-corrected chi connectivity index (χ2v) is 6.76. The molecule has 0 atom stereocenters. The van der Waals surface area contributed by atoms with Gasteiger partial charge in [0.05, 0.1) is 22.5 Å². The lowest BCUT2D eigenvalue weighted by atomic mass is 9.78. The molecule has 1 aromatic carbocycles. The molecule has 2 heterocycles. The lowest BCUT2D eigenvalue weighted by molar-refractivity contribution is 0.00578. The van der Waals surface area contributed by atoms with Crippen molar-refractivity contribution in [2.45, 2.75) is 38.9 Å². The predicted octanol–water partition coefficient (Wildman–Crippen LogP) is 2.92. The average molecular weight is 306 g/mol. The molecule has 0 radical (unpaired) electrons. The van der Waals surface area contributed by atoms with Gasteiger partial charge in [-0.15, -0.1) is 0 Å². The second kappa shape index (κ2) is 5.49. The highest BCUT2D eigenvalue weighted by atomic mass is 16.7. The van der Waals surface area contributed by atoms with Crippen molar-refractivity contribution in [1.29, 1.82) is 5.26 Å². The molecule has 1 aliphatic heterocycles. The molecule has 1 aromatic heterocycles. The molecule has 2 aromatic rings. The first-order chi connectivity index (χ1) is 10.8. The summed E-state index contributed by atoms with van der Waals surface area (Å²) < 4.78 is 12.2. The fraction of sp³-hybridized carbons (Fsp3) is 0.333. The Kier molecular flexibility index (Phi) is 3.75. The Hall–Kier alpha value is -2.16. The van der Waals surface area contributed by atoms with Gasteiger partial charge in [0.25, 0.3) is 0 Å². The SMILES string of the molecule is CC1(C)OB(c2cccc(-c3ccc(C#N)cn3)c2)OC1(C)C. The minimum atomic E-state index is -0.390. The molecule has 0 unspecified atom stereocenters. The van der Waals surface area contributed by atoms with Gasteiger partial charge >= 0.3 is 7.12 Å². The third-order valence-electron chi connectivity index (χ3n) is 4.60. The van der Waals surface area contributed by atoms with Crippen LogP contribution in [0.5, 0.6) is 0 Å². The number of rotatable bonds is 2. The van der Waals surface area contributed by atoms with Crippen molar-refractivity contribution in [1.82, 2.24) is 4.98 Å². The third-order valence-corrected chi connectivity index (χ3v) is 4.60. The van der Waals surface area contributed by atoms with E-state index >= 15 is 0 Å². The van der Waals surface area contributed by atoms with Crippen LogP contribution < -0.4 is 5.46 Å². The molecule has 116 valence electrons. The Morgan fingerprint density at radius 1 is 1.04 bits per heavy atom. The van der Waals surface area contributed by atoms with E-state index in [2.05, 4.69) is 11.1 Å². The summed E-state index contributed by atoms with van der Waals surface area (Å²) in [5.74, 6) is 0. The minimum absolute atomic E-state index is 0.361. The summed E-state index contributed by atoms with van der Waals surface area (Å²) in [6.07, 6.45) is 1.58. The van der Waals surface area contributed by atoms with Crippen molar-refractivity contribution in [2.75, 3.05) is 0 Å². The summed E-state index contributed by atoms with van der Waals surface area (Å²) in [5.41, 5.74) is 2.59. The predicted molar refractivity (Wildman–Crippen MR) is 90.1 cm³/mol. The number of hydrogen-bond acceptors (Lipinski definition) is 4. The van der Waals surface area contributed by atoms with Crippen LogP contribution in [0.1, 0.15) is 33.3 Å². The topological polar surface area (TPSA) is 55.1 Å². The summed E-state index contributed by atoms with van der Waals surface area (Å²) >= 11 is 0. The molecule has 0 bridgehead atoms. The van der Waals surface area contributed by atoms with Crippen molar-refractivity contribution in [2.24, 2.45) is 0 Å². The van der Waals surface area contributed by atoms with Gasteiger partial charge in [0.2, 0.25) is 0 Å². The normalized spacial score (nSPS) is 18.7. The Morgan fingerprint density at radius 2 is 1.74 bits per heavy atom.